The molecule has 2 N–H and O–H groups in total. The van der Waals surface area contributed by atoms with Crippen LogP contribution in [0.2, 0.25) is 0 Å². The summed E-state index contributed by atoms with van der Waals surface area (Å²) >= 11 is 0. The average molecular weight is 386 g/mol. The number of nitrogens with zero attached hydrogens (tertiary/aromatic N) is 1. The molecule has 0 bridgehead atoms. The number of hydrogen-bond donors (Lipinski definition) is 2. The number of nitrogens with one attached hydrogen (secondary N) is 2. The number of hydrogen-bond acceptors (Lipinski definition) is 3. The van der Waals surface area contributed by atoms with Crippen LogP contribution in [0.15, 0.2) is 18.2 Å². The number of likely N-dealkylation sites (tertiary alicyclic amines) is 1. The van der Waals surface area contributed by atoms with E-state index in [4.69, 9.17) is 0 Å². The van der Waals surface area contributed by atoms with Crippen molar-refractivity contribution in [1.82, 2.24) is 10.2 Å². The molecule has 2 aliphatic heterocycles. The molecule has 1 unspecified atom stereocenters. The topological polar surface area (TPSA) is 61.4 Å². The highest BCUT2D eigenvalue weighted by molar-refractivity contribution is 5.96. The Kier molecular flexibility index (Phi) is 7.11. The lowest BCUT2D eigenvalue weighted by molar-refractivity contribution is -0.117. The predicted octanol–water partition coefficient (Wildman–Crippen LogP) is 3.83. The molecule has 3 rings (SSSR count). The van der Waals surface area contributed by atoms with Crippen LogP contribution in [-0.2, 0) is 4.79 Å². The van der Waals surface area contributed by atoms with Gasteiger partial charge in [0.25, 0.3) is 5.91 Å². The summed E-state index contributed by atoms with van der Waals surface area (Å²) in [5, 5.41) is 6.43. The zero-order chi connectivity index (χ0) is 20.1. The van der Waals surface area contributed by atoms with Crippen LogP contribution >= 0.6 is 0 Å². The van der Waals surface area contributed by atoms with E-state index in [2.05, 4.69) is 24.5 Å². The molecule has 0 radical (unpaired) electrons. The van der Waals surface area contributed by atoms with E-state index in [9.17, 15) is 9.59 Å². The Labute approximate surface area is 169 Å². The van der Waals surface area contributed by atoms with Crippen LogP contribution < -0.4 is 10.6 Å². The molecule has 1 aromatic rings. The minimum atomic E-state index is 0.0678. The Morgan fingerprint density at radius 1 is 1.18 bits per heavy atom. The smallest absolute Gasteiger partial charge is 0.253 e. The lowest BCUT2D eigenvalue weighted by Crippen LogP contribution is -2.37. The Balaban J connectivity index is 1.56. The molecule has 1 atom stereocenters. The van der Waals surface area contributed by atoms with Crippen molar-refractivity contribution in [2.45, 2.75) is 52.9 Å². The van der Waals surface area contributed by atoms with Crippen LogP contribution in [0.25, 0.3) is 0 Å². The number of amides is 2. The summed E-state index contributed by atoms with van der Waals surface area (Å²) in [6.07, 6.45) is 5.01. The van der Waals surface area contributed by atoms with Crippen molar-refractivity contribution < 1.29 is 9.59 Å². The second-order valence-corrected chi connectivity index (χ2v) is 8.82. The number of piperidine rings is 2. The Hall–Kier alpha value is -1.88. The van der Waals surface area contributed by atoms with Gasteiger partial charge < -0.3 is 15.5 Å². The van der Waals surface area contributed by atoms with Gasteiger partial charge in [-0.2, -0.15) is 0 Å². The van der Waals surface area contributed by atoms with Crippen molar-refractivity contribution in [3.63, 3.8) is 0 Å². The fourth-order valence-corrected chi connectivity index (χ4v) is 4.40. The van der Waals surface area contributed by atoms with Gasteiger partial charge in [-0.25, -0.2) is 0 Å². The Morgan fingerprint density at radius 2 is 1.86 bits per heavy atom. The quantitative estimate of drug-likeness (QED) is 0.810. The summed E-state index contributed by atoms with van der Waals surface area (Å²) in [7, 11) is 0. The first-order valence-corrected chi connectivity index (χ1v) is 10.8. The molecule has 2 saturated heterocycles. The van der Waals surface area contributed by atoms with E-state index < -0.39 is 0 Å². The molecule has 5 heteroatoms. The lowest BCUT2D eigenvalue weighted by Gasteiger charge is -2.30. The van der Waals surface area contributed by atoms with Crippen molar-refractivity contribution in [3.8, 4) is 0 Å². The molecule has 2 aliphatic rings. The van der Waals surface area contributed by atoms with Gasteiger partial charge in [0.05, 0.1) is 0 Å². The van der Waals surface area contributed by atoms with Gasteiger partial charge in [0.15, 0.2) is 0 Å². The third-order valence-corrected chi connectivity index (χ3v) is 6.51. The monoisotopic (exact) mass is 385 g/mol. The van der Waals surface area contributed by atoms with Crippen LogP contribution in [0.3, 0.4) is 0 Å². The minimum Gasteiger partial charge on any atom is -0.339 e. The first-order chi connectivity index (χ1) is 13.4. The maximum atomic E-state index is 12.7. The van der Waals surface area contributed by atoms with Crippen molar-refractivity contribution in [2.75, 3.05) is 31.5 Å². The molecular formula is C23H35N3O2. The zero-order valence-electron chi connectivity index (χ0n) is 17.6. The number of anilines is 1. The van der Waals surface area contributed by atoms with Gasteiger partial charge in [-0.15, -0.1) is 0 Å². The highest BCUT2D eigenvalue weighted by Gasteiger charge is 2.23. The number of aryl methyl sites for hydroxylation is 1. The highest BCUT2D eigenvalue weighted by atomic mass is 16.2. The molecule has 5 nitrogen and oxygen atoms in total. The Morgan fingerprint density at radius 3 is 2.50 bits per heavy atom. The lowest BCUT2D eigenvalue weighted by atomic mass is 9.84. The molecule has 28 heavy (non-hydrogen) atoms. The van der Waals surface area contributed by atoms with Crippen LogP contribution in [-0.4, -0.2) is 42.9 Å². The molecular weight excluding hydrogens is 350 g/mol. The van der Waals surface area contributed by atoms with Crippen LogP contribution in [0.4, 0.5) is 5.69 Å². The SMILES string of the molecule is Cc1cc(C(=O)N2CCC(C)CC2)ccc1NC(=O)CC(C)C1CCNCC1. The molecule has 0 spiro atoms. The predicted molar refractivity (Wildman–Crippen MR) is 113 cm³/mol. The second kappa shape index (κ2) is 9.55. The summed E-state index contributed by atoms with van der Waals surface area (Å²) < 4.78 is 0. The first-order valence-electron chi connectivity index (χ1n) is 10.8. The van der Waals surface area contributed by atoms with Crippen molar-refractivity contribution >= 4 is 17.5 Å². The van der Waals surface area contributed by atoms with E-state index in [0.29, 0.717) is 29.7 Å². The van der Waals surface area contributed by atoms with E-state index in [1.54, 1.807) is 0 Å². The molecule has 0 aromatic heterocycles. The van der Waals surface area contributed by atoms with Gasteiger partial charge in [0.1, 0.15) is 0 Å². The second-order valence-electron chi connectivity index (χ2n) is 8.82. The third kappa shape index (κ3) is 5.34. The maximum Gasteiger partial charge on any atom is 0.253 e. The van der Waals surface area contributed by atoms with Gasteiger partial charge in [-0.3, -0.25) is 9.59 Å². The molecule has 2 fully saturated rings. The van der Waals surface area contributed by atoms with Gasteiger partial charge in [-0.05, 0) is 87.2 Å². The van der Waals surface area contributed by atoms with Crippen molar-refractivity contribution in [2.24, 2.45) is 17.8 Å². The average Bonchev–Trinajstić information content (AvgIpc) is 2.70. The van der Waals surface area contributed by atoms with Crippen LogP contribution in [0.5, 0.6) is 0 Å². The van der Waals surface area contributed by atoms with E-state index in [1.807, 2.05) is 30.0 Å². The molecule has 154 valence electrons. The summed E-state index contributed by atoms with van der Waals surface area (Å²) in [5.41, 5.74) is 2.47. The van der Waals surface area contributed by atoms with E-state index in [0.717, 1.165) is 63.1 Å². The molecule has 2 heterocycles. The summed E-state index contributed by atoms with van der Waals surface area (Å²) in [4.78, 5) is 27.2. The van der Waals surface area contributed by atoms with Gasteiger partial charge in [0.2, 0.25) is 5.91 Å². The van der Waals surface area contributed by atoms with E-state index >= 15 is 0 Å². The van der Waals surface area contributed by atoms with Crippen LogP contribution in [0.1, 0.15) is 61.9 Å². The highest BCUT2D eigenvalue weighted by Crippen LogP contribution is 2.26. The maximum absolute atomic E-state index is 12.7. The van der Waals surface area contributed by atoms with E-state index in [1.165, 1.54) is 0 Å². The van der Waals surface area contributed by atoms with Crippen molar-refractivity contribution in [1.29, 1.82) is 0 Å². The minimum absolute atomic E-state index is 0.0678. The van der Waals surface area contributed by atoms with Gasteiger partial charge in [0, 0.05) is 30.8 Å². The number of carbonyl (C=O) groups is 2. The largest absolute Gasteiger partial charge is 0.339 e. The third-order valence-electron chi connectivity index (χ3n) is 6.51. The number of benzene rings is 1. The van der Waals surface area contributed by atoms with Gasteiger partial charge >= 0.3 is 0 Å². The van der Waals surface area contributed by atoms with Crippen molar-refractivity contribution in [3.05, 3.63) is 29.3 Å². The summed E-state index contributed by atoms with van der Waals surface area (Å²) in [5.74, 6) is 1.89. The molecule has 2 amide bonds. The summed E-state index contributed by atoms with van der Waals surface area (Å²) in [6, 6.07) is 5.63. The first kappa shape index (κ1) is 20.8. The standard InChI is InChI=1S/C23H35N3O2/c1-16-8-12-26(13-9-16)23(28)20-4-5-21(18(3)14-20)25-22(27)15-17(2)19-6-10-24-11-7-19/h4-5,14,16-17,19,24H,6-13,15H2,1-3H3,(H,25,27). The van der Waals surface area contributed by atoms with Gasteiger partial charge in [-0.1, -0.05) is 13.8 Å². The molecule has 0 saturated carbocycles. The number of rotatable bonds is 5. The molecule has 0 aliphatic carbocycles. The fourth-order valence-electron chi connectivity index (χ4n) is 4.40. The van der Waals surface area contributed by atoms with E-state index in [-0.39, 0.29) is 11.8 Å². The Bertz CT molecular complexity index is 689. The normalized spacial score (nSPS) is 20.0. The zero-order valence-corrected chi connectivity index (χ0v) is 17.6. The summed E-state index contributed by atoms with van der Waals surface area (Å²) in [6.45, 7) is 10.2. The molecule has 1 aromatic carbocycles. The number of carbonyl (C=O) groups excluding carboxylic acids is 2. The fraction of sp³-hybridized carbons (Fsp3) is 0.652. The van der Waals surface area contributed by atoms with Crippen LogP contribution in [0, 0.1) is 24.7 Å².